The summed E-state index contributed by atoms with van der Waals surface area (Å²) in [6.45, 7) is 6.76. The summed E-state index contributed by atoms with van der Waals surface area (Å²) in [5, 5.41) is 33.5. The molecule has 7 nitrogen and oxygen atoms in total. The summed E-state index contributed by atoms with van der Waals surface area (Å²) in [5.74, 6) is -0.666. The molecule has 1 aromatic rings. The highest BCUT2D eigenvalue weighted by Gasteiger charge is 2.54. The molecule has 0 aliphatic carbocycles. The minimum atomic E-state index is -1.06. The first-order chi connectivity index (χ1) is 10.1. The van der Waals surface area contributed by atoms with Crippen molar-refractivity contribution < 1.29 is 19.8 Å². The van der Waals surface area contributed by atoms with Gasteiger partial charge < -0.3 is 25.3 Å². The van der Waals surface area contributed by atoms with Gasteiger partial charge in [0.1, 0.15) is 11.9 Å². The van der Waals surface area contributed by atoms with Gasteiger partial charge >= 0.3 is 5.97 Å². The average Bonchev–Trinajstić information content (AvgIpc) is 2.56. The van der Waals surface area contributed by atoms with Crippen LogP contribution >= 0.6 is 0 Å². The van der Waals surface area contributed by atoms with Crippen LogP contribution in [0.15, 0.2) is 24.3 Å². The van der Waals surface area contributed by atoms with Crippen molar-refractivity contribution in [1.82, 2.24) is 10.1 Å². The van der Waals surface area contributed by atoms with Crippen molar-refractivity contribution in [1.29, 1.82) is 0 Å². The maximum absolute atomic E-state index is 12.6. The van der Waals surface area contributed by atoms with E-state index in [4.69, 9.17) is 9.84 Å². The summed E-state index contributed by atoms with van der Waals surface area (Å²) < 4.78 is 5.05. The molecule has 0 aromatic heterocycles. The molecule has 1 unspecified atom stereocenters. The highest BCUT2D eigenvalue weighted by Crippen LogP contribution is 2.48. The third-order valence-electron chi connectivity index (χ3n) is 4.62. The molecule has 7 heteroatoms. The molecule has 2 N–H and O–H groups in total. The molecule has 1 fully saturated rings. The molecule has 0 amide bonds. The average molecular weight is 309 g/mol. The second-order valence-corrected chi connectivity index (χ2v) is 6.41. The highest BCUT2D eigenvalue weighted by atomic mass is 16.6. The molecule has 22 heavy (non-hydrogen) atoms. The molecular weight excluding hydrogens is 288 g/mol. The fourth-order valence-electron chi connectivity index (χ4n) is 2.42. The Labute approximate surface area is 129 Å². The Kier molecular flexibility index (Phi) is 4.18. The lowest BCUT2D eigenvalue weighted by Crippen LogP contribution is -2.52. The third-order valence-corrected chi connectivity index (χ3v) is 4.62. The van der Waals surface area contributed by atoms with Gasteiger partial charge in [0.25, 0.3) is 0 Å². The number of nitrogens with zero attached hydrogens (tertiary/aromatic N) is 2. The number of carboxylic acids is 1. The van der Waals surface area contributed by atoms with Gasteiger partial charge in [-0.1, -0.05) is 12.1 Å². The Balaban J connectivity index is 2.23. The van der Waals surface area contributed by atoms with Crippen LogP contribution in [-0.2, 0) is 4.79 Å². The van der Waals surface area contributed by atoms with Crippen molar-refractivity contribution >= 4 is 5.97 Å². The molecule has 1 aliphatic rings. The zero-order chi connectivity index (χ0) is 16.7. The molecular formula is C15H21N2O5-. The molecule has 1 aromatic carbocycles. The molecule has 1 saturated heterocycles. The Morgan fingerprint density at radius 1 is 1.23 bits per heavy atom. The molecule has 1 heterocycles. The van der Waals surface area contributed by atoms with Crippen LogP contribution in [-0.4, -0.2) is 44.1 Å². The molecule has 122 valence electrons. The van der Waals surface area contributed by atoms with Crippen LogP contribution < -0.4 is 4.74 Å². The van der Waals surface area contributed by atoms with E-state index in [0.717, 1.165) is 10.1 Å². The summed E-state index contributed by atoms with van der Waals surface area (Å²) in [5.41, 5.74) is -0.887. The van der Waals surface area contributed by atoms with Crippen LogP contribution in [0, 0.1) is 5.21 Å². The zero-order valence-electron chi connectivity index (χ0n) is 13.1. The first-order valence-corrected chi connectivity index (χ1v) is 6.98. The van der Waals surface area contributed by atoms with Crippen LogP contribution in [0.3, 0.4) is 0 Å². The van der Waals surface area contributed by atoms with E-state index in [1.807, 2.05) is 13.8 Å². The first-order valence-electron chi connectivity index (χ1n) is 6.98. The summed E-state index contributed by atoms with van der Waals surface area (Å²) in [4.78, 5) is 10.5. The summed E-state index contributed by atoms with van der Waals surface area (Å²) in [6.07, 6.45) is -0.821. The van der Waals surface area contributed by atoms with Gasteiger partial charge in [0.15, 0.2) is 6.61 Å². The smallest absolute Gasteiger partial charge is 0.341 e. The minimum absolute atomic E-state index is 0.393. The van der Waals surface area contributed by atoms with Crippen LogP contribution in [0.4, 0.5) is 0 Å². The highest BCUT2D eigenvalue weighted by molar-refractivity contribution is 5.68. The van der Waals surface area contributed by atoms with Crippen molar-refractivity contribution in [3.8, 4) is 5.75 Å². The second-order valence-electron chi connectivity index (χ2n) is 6.41. The van der Waals surface area contributed by atoms with Crippen LogP contribution in [0.2, 0.25) is 0 Å². The van der Waals surface area contributed by atoms with Crippen LogP contribution in [0.25, 0.3) is 0 Å². The maximum Gasteiger partial charge on any atom is 0.341 e. The lowest BCUT2D eigenvalue weighted by atomic mass is 9.84. The van der Waals surface area contributed by atoms with Gasteiger partial charge in [0.2, 0.25) is 0 Å². The van der Waals surface area contributed by atoms with Gasteiger partial charge in [-0.05, 0) is 45.4 Å². The van der Waals surface area contributed by atoms with E-state index in [9.17, 15) is 15.2 Å². The van der Waals surface area contributed by atoms with Crippen molar-refractivity contribution in [2.24, 2.45) is 0 Å². The molecule has 1 aliphatic heterocycles. The first kappa shape index (κ1) is 16.7. The summed E-state index contributed by atoms with van der Waals surface area (Å²) in [6, 6.07) is 6.46. The summed E-state index contributed by atoms with van der Waals surface area (Å²) >= 11 is 0. The zero-order valence-corrected chi connectivity index (χ0v) is 13.1. The van der Waals surface area contributed by atoms with Gasteiger partial charge in [0, 0.05) is 5.54 Å². The standard InChI is InChI=1S/C15H21N2O5/c1-14(2)15(3,4)17(21)13(16(14)20)10-5-7-11(8-6-10)22-9-12(18)19/h5-8,13,20H,9H2,1-4H3,(H,18,19)/q-1. The Morgan fingerprint density at radius 2 is 1.77 bits per heavy atom. The summed E-state index contributed by atoms with van der Waals surface area (Å²) in [7, 11) is 0. The van der Waals surface area contributed by atoms with Crippen LogP contribution in [0.1, 0.15) is 39.4 Å². The van der Waals surface area contributed by atoms with E-state index < -0.39 is 29.8 Å². The number of carbonyl (C=O) groups is 1. The fourth-order valence-corrected chi connectivity index (χ4v) is 2.42. The predicted octanol–water partition coefficient (Wildman–Crippen LogP) is 2.21. The topological polar surface area (TPSA) is 96.3 Å². The Bertz CT molecular complexity index is 536. The number of carboxylic acid groups (broad SMARTS) is 1. The van der Waals surface area contributed by atoms with Crippen LogP contribution in [0.5, 0.6) is 5.75 Å². The molecule has 1 atom stereocenters. The number of hydrogen-bond donors (Lipinski definition) is 2. The Hall–Kier alpha value is -1.67. The monoisotopic (exact) mass is 309 g/mol. The second kappa shape index (κ2) is 5.51. The number of hydrogen-bond acceptors (Lipinski definition) is 6. The van der Waals surface area contributed by atoms with E-state index >= 15 is 0 Å². The molecule has 0 spiro atoms. The fraction of sp³-hybridized carbons (Fsp3) is 0.533. The lowest BCUT2D eigenvalue weighted by Gasteiger charge is -2.44. The van der Waals surface area contributed by atoms with Crippen molar-refractivity contribution in [2.45, 2.75) is 44.9 Å². The van der Waals surface area contributed by atoms with E-state index in [2.05, 4.69) is 0 Å². The number of hydroxylamine groups is 4. The van der Waals surface area contributed by atoms with Crippen molar-refractivity contribution in [3.63, 3.8) is 0 Å². The van der Waals surface area contributed by atoms with Gasteiger partial charge in [-0.15, -0.1) is 0 Å². The number of rotatable bonds is 4. The van der Waals surface area contributed by atoms with E-state index in [1.54, 1.807) is 38.1 Å². The lowest BCUT2D eigenvalue weighted by molar-refractivity contribution is -0.178. The van der Waals surface area contributed by atoms with Gasteiger partial charge in [-0.3, -0.25) is 0 Å². The van der Waals surface area contributed by atoms with Crippen molar-refractivity contribution in [3.05, 3.63) is 35.0 Å². The quantitative estimate of drug-likeness (QED) is 0.880. The van der Waals surface area contributed by atoms with Gasteiger partial charge in [-0.2, -0.15) is 5.06 Å². The minimum Gasteiger partial charge on any atom is -0.783 e. The van der Waals surface area contributed by atoms with Gasteiger partial charge in [-0.25, -0.2) is 4.79 Å². The Morgan fingerprint density at radius 3 is 2.18 bits per heavy atom. The van der Waals surface area contributed by atoms with Crippen molar-refractivity contribution in [2.75, 3.05) is 6.61 Å². The third kappa shape index (κ3) is 2.56. The van der Waals surface area contributed by atoms with Gasteiger partial charge in [0.05, 0.1) is 5.54 Å². The molecule has 0 saturated carbocycles. The number of aliphatic carboxylic acids is 1. The molecule has 0 bridgehead atoms. The SMILES string of the molecule is CC1(C)N([O-])C(c2ccc(OCC(=O)O)cc2)N(O)C1(C)C. The van der Waals surface area contributed by atoms with E-state index in [-0.39, 0.29) is 0 Å². The normalized spacial score (nSPS) is 24.4. The molecule has 0 radical (unpaired) electrons. The maximum atomic E-state index is 12.6. The number of benzene rings is 1. The molecule has 2 rings (SSSR count). The predicted molar refractivity (Wildman–Crippen MR) is 79.3 cm³/mol. The van der Waals surface area contributed by atoms with E-state index in [0.29, 0.717) is 11.3 Å². The van der Waals surface area contributed by atoms with E-state index in [1.165, 1.54) is 0 Å². The largest absolute Gasteiger partial charge is 0.783 e. The number of ether oxygens (including phenoxy) is 1.